The first-order valence-electron chi connectivity index (χ1n) is 6.31. The van der Waals surface area contributed by atoms with E-state index in [1.807, 2.05) is 24.3 Å². The Morgan fingerprint density at radius 2 is 2.05 bits per heavy atom. The highest BCUT2D eigenvalue weighted by Gasteiger charge is 2.04. The largest absolute Gasteiger partial charge is 0.490 e. The summed E-state index contributed by atoms with van der Waals surface area (Å²) in [5.41, 5.74) is 7.25. The normalized spacial score (nSPS) is 10.4. The molecular formula is C15H17FN2O. The number of hydrogen-bond acceptors (Lipinski definition) is 3. The zero-order chi connectivity index (χ0) is 13.5. The van der Waals surface area contributed by atoms with Gasteiger partial charge in [-0.15, -0.1) is 0 Å². The SMILES string of the molecule is NCCc1ccc(OCCc2ccccn2)c(F)c1. The molecule has 0 unspecified atom stereocenters. The summed E-state index contributed by atoms with van der Waals surface area (Å²) < 4.78 is 19.1. The van der Waals surface area contributed by atoms with Crippen LogP contribution in [-0.4, -0.2) is 18.1 Å². The van der Waals surface area contributed by atoms with Crippen LogP contribution in [0.5, 0.6) is 5.75 Å². The van der Waals surface area contributed by atoms with Gasteiger partial charge in [0.05, 0.1) is 6.61 Å². The van der Waals surface area contributed by atoms with Crippen LogP contribution in [0.3, 0.4) is 0 Å². The molecule has 0 bridgehead atoms. The maximum atomic E-state index is 13.7. The van der Waals surface area contributed by atoms with Gasteiger partial charge in [0, 0.05) is 18.3 Å². The Kier molecular flexibility index (Phi) is 4.86. The Labute approximate surface area is 112 Å². The molecule has 2 aromatic rings. The first-order valence-corrected chi connectivity index (χ1v) is 6.31. The fourth-order valence-electron chi connectivity index (χ4n) is 1.80. The highest BCUT2D eigenvalue weighted by atomic mass is 19.1. The molecule has 1 heterocycles. The second kappa shape index (κ2) is 6.85. The third kappa shape index (κ3) is 4.03. The lowest BCUT2D eigenvalue weighted by Crippen LogP contribution is -2.05. The number of aromatic nitrogens is 1. The van der Waals surface area contributed by atoms with Crippen LogP contribution in [0.15, 0.2) is 42.6 Å². The Hall–Kier alpha value is -1.94. The van der Waals surface area contributed by atoms with Gasteiger partial charge >= 0.3 is 0 Å². The molecule has 1 aromatic heterocycles. The van der Waals surface area contributed by atoms with E-state index in [1.54, 1.807) is 12.3 Å². The predicted molar refractivity (Wildman–Crippen MR) is 72.6 cm³/mol. The third-order valence-corrected chi connectivity index (χ3v) is 2.77. The van der Waals surface area contributed by atoms with Crippen LogP contribution in [0.4, 0.5) is 4.39 Å². The standard InChI is InChI=1S/C15H17FN2O/c16-14-11-12(6-8-17)4-5-15(14)19-10-7-13-3-1-2-9-18-13/h1-5,9,11H,6-8,10,17H2. The number of ether oxygens (including phenoxy) is 1. The van der Waals surface area contributed by atoms with Crippen molar-refractivity contribution in [2.45, 2.75) is 12.8 Å². The fourth-order valence-corrected chi connectivity index (χ4v) is 1.80. The van der Waals surface area contributed by atoms with Crippen molar-refractivity contribution in [3.63, 3.8) is 0 Å². The minimum atomic E-state index is -0.341. The van der Waals surface area contributed by atoms with Crippen LogP contribution in [0, 0.1) is 5.82 Å². The van der Waals surface area contributed by atoms with E-state index in [-0.39, 0.29) is 11.6 Å². The number of nitrogens with two attached hydrogens (primary N) is 1. The Balaban J connectivity index is 1.89. The highest BCUT2D eigenvalue weighted by molar-refractivity contribution is 5.29. The maximum absolute atomic E-state index is 13.7. The second-order valence-corrected chi connectivity index (χ2v) is 4.22. The molecule has 0 saturated carbocycles. The number of hydrogen-bond donors (Lipinski definition) is 1. The zero-order valence-electron chi connectivity index (χ0n) is 10.7. The number of nitrogens with zero attached hydrogens (tertiary/aromatic N) is 1. The molecule has 0 spiro atoms. The summed E-state index contributed by atoms with van der Waals surface area (Å²) in [4.78, 5) is 4.18. The predicted octanol–water partition coefficient (Wildman–Crippen LogP) is 2.34. The summed E-state index contributed by atoms with van der Waals surface area (Å²) in [6.07, 6.45) is 3.06. The van der Waals surface area contributed by atoms with E-state index in [0.717, 1.165) is 11.3 Å². The van der Waals surface area contributed by atoms with Crippen molar-refractivity contribution in [3.8, 4) is 5.75 Å². The summed E-state index contributed by atoms with van der Waals surface area (Å²) in [6, 6.07) is 10.7. The smallest absolute Gasteiger partial charge is 0.165 e. The van der Waals surface area contributed by atoms with Gasteiger partial charge in [-0.1, -0.05) is 12.1 Å². The van der Waals surface area contributed by atoms with Crippen LogP contribution in [0.2, 0.25) is 0 Å². The van der Waals surface area contributed by atoms with Gasteiger partial charge in [0.15, 0.2) is 11.6 Å². The average molecular weight is 260 g/mol. The first-order chi connectivity index (χ1) is 9.29. The monoisotopic (exact) mass is 260 g/mol. The van der Waals surface area contributed by atoms with Crippen LogP contribution >= 0.6 is 0 Å². The van der Waals surface area contributed by atoms with E-state index in [1.165, 1.54) is 6.07 Å². The molecule has 0 amide bonds. The van der Waals surface area contributed by atoms with Crippen molar-refractivity contribution in [2.75, 3.05) is 13.2 Å². The van der Waals surface area contributed by atoms with Gasteiger partial charge in [0.2, 0.25) is 0 Å². The molecule has 0 atom stereocenters. The number of pyridine rings is 1. The topological polar surface area (TPSA) is 48.1 Å². The molecule has 0 saturated heterocycles. The maximum Gasteiger partial charge on any atom is 0.165 e. The van der Waals surface area contributed by atoms with Crippen LogP contribution in [0.25, 0.3) is 0 Å². The Morgan fingerprint density at radius 3 is 2.74 bits per heavy atom. The number of rotatable bonds is 6. The Bertz CT molecular complexity index is 517. The van der Waals surface area contributed by atoms with Crippen LogP contribution < -0.4 is 10.5 Å². The lowest BCUT2D eigenvalue weighted by atomic mass is 10.1. The molecular weight excluding hydrogens is 243 g/mol. The average Bonchev–Trinajstić information content (AvgIpc) is 2.43. The lowest BCUT2D eigenvalue weighted by molar-refractivity contribution is 0.304. The molecule has 2 rings (SSSR count). The molecule has 1 aromatic carbocycles. The van der Waals surface area contributed by atoms with Crippen LogP contribution in [-0.2, 0) is 12.8 Å². The molecule has 3 nitrogen and oxygen atoms in total. The lowest BCUT2D eigenvalue weighted by Gasteiger charge is -2.08. The quantitative estimate of drug-likeness (QED) is 0.867. The first kappa shape index (κ1) is 13.5. The molecule has 0 radical (unpaired) electrons. The minimum absolute atomic E-state index is 0.275. The number of benzene rings is 1. The van der Waals surface area contributed by atoms with E-state index in [0.29, 0.717) is 26.0 Å². The van der Waals surface area contributed by atoms with E-state index in [9.17, 15) is 4.39 Å². The van der Waals surface area contributed by atoms with E-state index < -0.39 is 0 Å². The summed E-state index contributed by atoms with van der Waals surface area (Å²) >= 11 is 0. The molecule has 4 heteroatoms. The minimum Gasteiger partial charge on any atom is -0.490 e. The van der Waals surface area contributed by atoms with Crippen LogP contribution in [0.1, 0.15) is 11.3 Å². The second-order valence-electron chi connectivity index (χ2n) is 4.22. The van der Waals surface area contributed by atoms with Gasteiger partial charge in [-0.25, -0.2) is 4.39 Å². The third-order valence-electron chi connectivity index (χ3n) is 2.77. The van der Waals surface area contributed by atoms with Crippen molar-refractivity contribution in [3.05, 3.63) is 59.7 Å². The summed E-state index contributed by atoms with van der Waals surface area (Å²) in [6.45, 7) is 0.920. The van der Waals surface area contributed by atoms with Gasteiger partial charge < -0.3 is 10.5 Å². The van der Waals surface area contributed by atoms with Crippen molar-refractivity contribution < 1.29 is 9.13 Å². The molecule has 100 valence electrons. The number of halogens is 1. The molecule has 0 aliphatic rings. The Morgan fingerprint density at radius 1 is 1.16 bits per heavy atom. The molecule has 2 N–H and O–H groups in total. The van der Waals surface area contributed by atoms with Crippen molar-refractivity contribution in [1.29, 1.82) is 0 Å². The van der Waals surface area contributed by atoms with Crippen molar-refractivity contribution >= 4 is 0 Å². The summed E-state index contributed by atoms with van der Waals surface area (Å²) in [7, 11) is 0. The van der Waals surface area contributed by atoms with Gasteiger partial charge in [-0.3, -0.25) is 4.98 Å². The van der Waals surface area contributed by atoms with Gasteiger partial charge in [0.25, 0.3) is 0 Å². The van der Waals surface area contributed by atoms with E-state index in [2.05, 4.69) is 4.98 Å². The van der Waals surface area contributed by atoms with Gasteiger partial charge in [-0.2, -0.15) is 0 Å². The summed E-state index contributed by atoms with van der Waals surface area (Å²) in [5, 5.41) is 0. The molecule has 0 aliphatic carbocycles. The highest BCUT2D eigenvalue weighted by Crippen LogP contribution is 2.18. The van der Waals surface area contributed by atoms with E-state index in [4.69, 9.17) is 10.5 Å². The van der Waals surface area contributed by atoms with Gasteiger partial charge in [0.1, 0.15) is 0 Å². The molecule has 0 aliphatic heterocycles. The molecule has 0 fully saturated rings. The molecule has 19 heavy (non-hydrogen) atoms. The van der Waals surface area contributed by atoms with Gasteiger partial charge in [-0.05, 0) is 42.8 Å². The van der Waals surface area contributed by atoms with E-state index >= 15 is 0 Å². The zero-order valence-corrected chi connectivity index (χ0v) is 10.7. The van der Waals surface area contributed by atoms with Crippen molar-refractivity contribution in [1.82, 2.24) is 4.98 Å². The summed E-state index contributed by atoms with van der Waals surface area (Å²) in [5.74, 6) is -0.0660. The fraction of sp³-hybridized carbons (Fsp3) is 0.267. The van der Waals surface area contributed by atoms with Crippen molar-refractivity contribution in [2.24, 2.45) is 5.73 Å².